The Morgan fingerprint density at radius 1 is 1.17 bits per heavy atom. The summed E-state index contributed by atoms with van der Waals surface area (Å²) in [4.78, 5) is 39.6. The van der Waals surface area contributed by atoms with Crippen molar-refractivity contribution < 1.29 is 4.79 Å². The summed E-state index contributed by atoms with van der Waals surface area (Å²) < 4.78 is 1.12. The van der Waals surface area contributed by atoms with E-state index in [0.29, 0.717) is 11.5 Å². The maximum absolute atomic E-state index is 12.3. The minimum absolute atomic E-state index is 0.0541. The Morgan fingerprint density at radius 2 is 1.91 bits per heavy atom. The van der Waals surface area contributed by atoms with Crippen LogP contribution < -0.4 is 16.4 Å². The van der Waals surface area contributed by atoms with Crippen LogP contribution in [0.1, 0.15) is 34.8 Å². The molecule has 23 heavy (non-hydrogen) atoms. The van der Waals surface area contributed by atoms with Gasteiger partial charge in [0, 0.05) is 17.3 Å². The maximum atomic E-state index is 12.3. The van der Waals surface area contributed by atoms with Gasteiger partial charge in [-0.05, 0) is 30.9 Å². The van der Waals surface area contributed by atoms with Crippen molar-refractivity contribution in [1.82, 2.24) is 14.6 Å². The van der Waals surface area contributed by atoms with Crippen LogP contribution in [0.4, 0.5) is 5.69 Å². The summed E-state index contributed by atoms with van der Waals surface area (Å²) in [5.41, 5.74) is 0.733. The van der Waals surface area contributed by atoms with Crippen molar-refractivity contribution in [2.75, 3.05) is 5.32 Å². The van der Waals surface area contributed by atoms with Gasteiger partial charge in [-0.15, -0.1) is 0 Å². The molecule has 1 aliphatic carbocycles. The van der Waals surface area contributed by atoms with E-state index in [2.05, 4.69) is 15.4 Å². The lowest BCUT2D eigenvalue weighted by atomic mass is 10.2. The Balaban J connectivity index is 1.80. The first-order valence-corrected chi connectivity index (χ1v) is 7.38. The number of aromatic amines is 2. The SMILES string of the molecule is O=C(Nc1c(=O)[nH]n2c(=O)cc(C3CC3)[nH]c12)c1ccccc1. The van der Waals surface area contributed by atoms with Gasteiger partial charge in [0.05, 0.1) is 0 Å². The minimum Gasteiger partial charge on any atom is -0.341 e. The fraction of sp³-hybridized carbons (Fsp3) is 0.188. The zero-order chi connectivity index (χ0) is 16.0. The molecule has 0 unspecified atom stereocenters. The normalized spacial score (nSPS) is 14.1. The number of H-pyrrole nitrogens is 2. The highest BCUT2D eigenvalue weighted by molar-refractivity contribution is 6.05. The third-order valence-electron chi connectivity index (χ3n) is 3.95. The van der Waals surface area contributed by atoms with Crippen LogP contribution in [-0.2, 0) is 0 Å². The molecule has 0 bridgehead atoms. The second kappa shape index (κ2) is 4.98. The van der Waals surface area contributed by atoms with E-state index in [0.717, 1.165) is 23.1 Å². The zero-order valence-electron chi connectivity index (χ0n) is 12.1. The number of rotatable bonds is 3. The summed E-state index contributed by atoms with van der Waals surface area (Å²) >= 11 is 0. The number of aromatic nitrogens is 3. The summed E-state index contributed by atoms with van der Waals surface area (Å²) in [7, 11) is 0. The van der Waals surface area contributed by atoms with Crippen molar-refractivity contribution in [1.29, 1.82) is 0 Å². The van der Waals surface area contributed by atoms with Crippen molar-refractivity contribution in [2.24, 2.45) is 0 Å². The fourth-order valence-electron chi connectivity index (χ4n) is 2.59. The van der Waals surface area contributed by atoms with E-state index in [1.807, 2.05) is 0 Å². The molecule has 2 heterocycles. The van der Waals surface area contributed by atoms with Crippen LogP contribution in [-0.4, -0.2) is 20.5 Å². The molecule has 0 spiro atoms. The van der Waals surface area contributed by atoms with Gasteiger partial charge >= 0.3 is 0 Å². The van der Waals surface area contributed by atoms with Crippen LogP contribution in [0.15, 0.2) is 46.0 Å². The molecule has 1 fully saturated rings. The van der Waals surface area contributed by atoms with E-state index in [1.165, 1.54) is 6.07 Å². The lowest BCUT2D eigenvalue weighted by molar-refractivity contribution is 0.102. The monoisotopic (exact) mass is 310 g/mol. The highest BCUT2D eigenvalue weighted by atomic mass is 16.2. The average molecular weight is 310 g/mol. The first-order valence-electron chi connectivity index (χ1n) is 7.38. The Hall–Kier alpha value is -3.09. The van der Waals surface area contributed by atoms with Gasteiger partial charge in [0.15, 0.2) is 11.3 Å². The van der Waals surface area contributed by atoms with Crippen LogP contribution in [0, 0.1) is 0 Å². The number of amides is 1. The standard InChI is InChI=1S/C16H14N4O3/c21-12-8-11(9-6-7-9)17-14-13(16(23)19-20(12)14)18-15(22)10-4-2-1-3-5-10/h1-5,8-9,17H,6-7H2,(H,18,22)(H,19,23). The molecule has 116 valence electrons. The van der Waals surface area contributed by atoms with Crippen molar-refractivity contribution in [3.63, 3.8) is 0 Å². The molecule has 1 aliphatic rings. The molecule has 7 heteroatoms. The summed E-state index contributed by atoms with van der Waals surface area (Å²) in [6.07, 6.45) is 2.04. The van der Waals surface area contributed by atoms with E-state index < -0.39 is 11.5 Å². The average Bonchev–Trinajstić information content (AvgIpc) is 3.35. The van der Waals surface area contributed by atoms with Crippen LogP contribution in [0.3, 0.4) is 0 Å². The molecule has 0 radical (unpaired) electrons. The summed E-state index contributed by atoms with van der Waals surface area (Å²) in [6.45, 7) is 0. The minimum atomic E-state index is -0.518. The van der Waals surface area contributed by atoms with Crippen molar-refractivity contribution in [3.05, 3.63) is 68.4 Å². The predicted molar refractivity (Wildman–Crippen MR) is 85.0 cm³/mol. The van der Waals surface area contributed by atoms with E-state index in [4.69, 9.17) is 0 Å². The Bertz CT molecular complexity index is 1010. The first kappa shape index (κ1) is 13.6. The maximum Gasteiger partial charge on any atom is 0.290 e. The number of hydrogen-bond donors (Lipinski definition) is 3. The predicted octanol–water partition coefficient (Wildman–Crippen LogP) is 1.45. The van der Waals surface area contributed by atoms with E-state index in [1.54, 1.807) is 30.3 Å². The van der Waals surface area contributed by atoms with Crippen LogP contribution >= 0.6 is 0 Å². The number of carbonyl (C=O) groups excluding carboxylic acids is 1. The number of nitrogens with zero attached hydrogens (tertiary/aromatic N) is 1. The number of anilines is 1. The summed E-state index contributed by atoms with van der Waals surface area (Å²) in [6, 6.07) is 10.1. The van der Waals surface area contributed by atoms with Crippen LogP contribution in [0.2, 0.25) is 0 Å². The van der Waals surface area contributed by atoms with Gasteiger partial charge in [-0.1, -0.05) is 18.2 Å². The number of benzene rings is 1. The molecule has 0 saturated heterocycles. The molecule has 4 rings (SSSR count). The molecule has 7 nitrogen and oxygen atoms in total. The van der Waals surface area contributed by atoms with Crippen molar-refractivity contribution in [3.8, 4) is 0 Å². The second-order valence-corrected chi connectivity index (χ2v) is 5.66. The highest BCUT2D eigenvalue weighted by Gasteiger charge is 2.26. The number of fused-ring (bicyclic) bond motifs is 1. The molecule has 0 aliphatic heterocycles. The quantitative estimate of drug-likeness (QED) is 0.682. The van der Waals surface area contributed by atoms with Gasteiger partial charge in [0.25, 0.3) is 17.0 Å². The van der Waals surface area contributed by atoms with Gasteiger partial charge in [0.1, 0.15) is 0 Å². The lowest BCUT2D eigenvalue weighted by Crippen LogP contribution is -2.17. The van der Waals surface area contributed by atoms with Gasteiger partial charge in [-0.25, -0.2) is 0 Å². The Kier molecular flexibility index (Phi) is 2.94. The van der Waals surface area contributed by atoms with E-state index in [9.17, 15) is 14.4 Å². The number of nitrogens with one attached hydrogen (secondary N) is 3. The molecule has 1 saturated carbocycles. The lowest BCUT2D eigenvalue weighted by Gasteiger charge is -2.04. The number of carbonyl (C=O) groups is 1. The molecular formula is C16H14N4O3. The van der Waals surface area contributed by atoms with Crippen LogP contribution in [0.5, 0.6) is 0 Å². The van der Waals surface area contributed by atoms with Gasteiger partial charge in [-0.3, -0.25) is 19.5 Å². The first-order chi connectivity index (χ1) is 11.1. The van der Waals surface area contributed by atoms with Gasteiger partial charge in [0.2, 0.25) is 0 Å². The smallest absolute Gasteiger partial charge is 0.290 e. The molecule has 1 aromatic carbocycles. The Labute approximate surface area is 130 Å². The molecular weight excluding hydrogens is 296 g/mol. The topological polar surface area (TPSA) is 99.2 Å². The zero-order valence-corrected chi connectivity index (χ0v) is 12.1. The second-order valence-electron chi connectivity index (χ2n) is 5.66. The largest absolute Gasteiger partial charge is 0.341 e. The van der Waals surface area contributed by atoms with Crippen molar-refractivity contribution in [2.45, 2.75) is 18.8 Å². The molecule has 1 amide bonds. The third kappa shape index (κ3) is 2.36. The molecule has 3 N–H and O–H groups in total. The molecule has 3 aromatic rings. The molecule has 2 aromatic heterocycles. The summed E-state index contributed by atoms with van der Waals surface area (Å²) in [5.74, 6) is -0.0720. The molecule has 0 atom stereocenters. The van der Waals surface area contributed by atoms with Crippen molar-refractivity contribution >= 4 is 17.2 Å². The highest BCUT2D eigenvalue weighted by Crippen LogP contribution is 2.38. The summed E-state index contributed by atoms with van der Waals surface area (Å²) in [5, 5.41) is 5.03. The third-order valence-corrected chi connectivity index (χ3v) is 3.95. The fourth-order valence-corrected chi connectivity index (χ4v) is 2.59. The van der Waals surface area contributed by atoms with Gasteiger partial charge < -0.3 is 10.3 Å². The van der Waals surface area contributed by atoms with Crippen LogP contribution in [0.25, 0.3) is 5.65 Å². The number of hydrogen-bond acceptors (Lipinski definition) is 3. The van der Waals surface area contributed by atoms with Gasteiger partial charge in [-0.2, -0.15) is 4.52 Å². The Morgan fingerprint density at radius 3 is 2.61 bits per heavy atom. The van der Waals surface area contributed by atoms with E-state index >= 15 is 0 Å². The van der Waals surface area contributed by atoms with E-state index in [-0.39, 0.29) is 16.9 Å².